The largest absolute Gasteiger partial charge is 0.396 e. The summed E-state index contributed by atoms with van der Waals surface area (Å²) in [5.74, 6) is 0. The second-order valence-electron chi connectivity index (χ2n) is 4.29. The number of anilines is 1. The van der Waals surface area contributed by atoms with E-state index in [1.165, 1.54) is 0 Å². The van der Waals surface area contributed by atoms with Gasteiger partial charge in [-0.2, -0.15) is 0 Å². The second kappa shape index (κ2) is 7.47. The molecule has 0 heterocycles. The van der Waals surface area contributed by atoms with Gasteiger partial charge >= 0.3 is 0 Å². The highest BCUT2D eigenvalue weighted by Gasteiger charge is 2.12. The third-order valence-electron chi connectivity index (χ3n) is 2.84. The maximum atomic E-state index is 11.8. The molecule has 1 aromatic rings. The predicted octanol–water partition coefficient (Wildman–Crippen LogP) is 1.56. The lowest BCUT2D eigenvalue weighted by Gasteiger charge is -2.17. The fourth-order valence-corrected chi connectivity index (χ4v) is 2.81. The zero-order valence-corrected chi connectivity index (χ0v) is 12.2. The monoisotopic (exact) mass is 286 g/mol. The number of hydrogen-bond donors (Lipinski definition) is 3. The molecule has 0 radical (unpaired) electrons. The summed E-state index contributed by atoms with van der Waals surface area (Å²) in [7, 11) is -3.39. The molecular formula is C13H22N2O3S. The van der Waals surface area contributed by atoms with E-state index < -0.39 is 10.0 Å². The van der Waals surface area contributed by atoms with Crippen molar-refractivity contribution >= 4 is 15.7 Å². The van der Waals surface area contributed by atoms with Gasteiger partial charge in [-0.3, -0.25) is 0 Å². The summed E-state index contributed by atoms with van der Waals surface area (Å²) in [6, 6.07) is 6.83. The maximum Gasteiger partial charge on any atom is 0.240 e. The molecule has 0 aliphatic carbocycles. The van der Waals surface area contributed by atoms with Crippen LogP contribution in [0.3, 0.4) is 0 Å². The Balaban J connectivity index is 2.76. The average molecular weight is 286 g/mol. The highest BCUT2D eigenvalue weighted by molar-refractivity contribution is 7.89. The van der Waals surface area contributed by atoms with Crippen molar-refractivity contribution in [3.05, 3.63) is 24.3 Å². The van der Waals surface area contributed by atoms with Crippen LogP contribution in [0.2, 0.25) is 0 Å². The minimum Gasteiger partial charge on any atom is -0.396 e. The van der Waals surface area contributed by atoms with Gasteiger partial charge in [-0.15, -0.1) is 0 Å². The Bertz CT molecular complexity index is 471. The molecule has 0 saturated carbocycles. The third kappa shape index (κ3) is 4.81. The molecule has 0 aliphatic heterocycles. The van der Waals surface area contributed by atoms with E-state index in [4.69, 9.17) is 5.11 Å². The Hall–Kier alpha value is -1.11. The Labute approximate surface area is 115 Å². The molecule has 0 bridgehead atoms. The first-order valence-corrected chi connectivity index (χ1v) is 7.99. The first kappa shape index (κ1) is 15.9. The molecule has 1 atom stereocenters. The van der Waals surface area contributed by atoms with Gasteiger partial charge in [0.15, 0.2) is 0 Å². The smallest absolute Gasteiger partial charge is 0.240 e. The van der Waals surface area contributed by atoms with E-state index in [1.54, 1.807) is 31.2 Å². The first-order valence-electron chi connectivity index (χ1n) is 6.50. The van der Waals surface area contributed by atoms with Crippen LogP contribution in [0.15, 0.2) is 29.2 Å². The molecule has 5 nitrogen and oxygen atoms in total. The topological polar surface area (TPSA) is 78.4 Å². The van der Waals surface area contributed by atoms with E-state index in [0.29, 0.717) is 13.0 Å². The lowest BCUT2D eigenvalue weighted by Crippen LogP contribution is -2.23. The normalized spacial score (nSPS) is 13.2. The summed E-state index contributed by atoms with van der Waals surface area (Å²) in [6.45, 7) is 4.29. The van der Waals surface area contributed by atoms with Crippen LogP contribution in [0.25, 0.3) is 0 Å². The van der Waals surface area contributed by atoms with E-state index in [0.717, 1.165) is 12.1 Å². The van der Waals surface area contributed by atoms with Crippen LogP contribution >= 0.6 is 0 Å². The molecule has 0 spiro atoms. The SMILES string of the molecule is CCNS(=O)(=O)c1ccc(NC(CC)CCO)cc1. The first-order chi connectivity index (χ1) is 9.03. The quantitative estimate of drug-likeness (QED) is 0.677. The Morgan fingerprint density at radius 2 is 1.84 bits per heavy atom. The number of aliphatic hydroxyl groups is 1. The van der Waals surface area contributed by atoms with E-state index in [1.807, 2.05) is 6.92 Å². The van der Waals surface area contributed by atoms with E-state index in [-0.39, 0.29) is 17.5 Å². The molecule has 6 heteroatoms. The molecule has 1 aromatic carbocycles. The summed E-state index contributed by atoms with van der Waals surface area (Å²) >= 11 is 0. The van der Waals surface area contributed by atoms with Gasteiger partial charge in [0, 0.05) is 24.9 Å². The van der Waals surface area contributed by atoms with Gasteiger partial charge in [-0.05, 0) is 37.1 Å². The van der Waals surface area contributed by atoms with Gasteiger partial charge in [0.1, 0.15) is 0 Å². The average Bonchev–Trinajstić information content (AvgIpc) is 2.39. The molecular weight excluding hydrogens is 264 g/mol. The minimum absolute atomic E-state index is 0.137. The van der Waals surface area contributed by atoms with Gasteiger partial charge in [-0.25, -0.2) is 13.1 Å². The van der Waals surface area contributed by atoms with E-state index in [2.05, 4.69) is 10.0 Å². The Kier molecular flexibility index (Phi) is 6.27. The van der Waals surface area contributed by atoms with Gasteiger partial charge < -0.3 is 10.4 Å². The van der Waals surface area contributed by atoms with Crippen molar-refractivity contribution in [3.8, 4) is 0 Å². The summed E-state index contributed by atoms with van der Waals surface area (Å²) in [5, 5.41) is 12.2. The molecule has 108 valence electrons. The van der Waals surface area contributed by atoms with Crippen LogP contribution in [-0.2, 0) is 10.0 Å². The second-order valence-corrected chi connectivity index (χ2v) is 6.05. The molecule has 0 aliphatic rings. The molecule has 1 rings (SSSR count). The van der Waals surface area contributed by atoms with Crippen LogP contribution in [0.1, 0.15) is 26.7 Å². The van der Waals surface area contributed by atoms with Crippen molar-refractivity contribution < 1.29 is 13.5 Å². The predicted molar refractivity (Wildman–Crippen MR) is 76.7 cm³/mol. The molecule has 19 heavy (non-hydrogen) atoms. The van der Waals surface area contributed by atoms with Gasteiger partial charge in [-0.1, -0.05) is 13.8 Å². The van der Waals surface area contributed by atoms with Crippen molar-refractivity contribution in [1.29, 1.82) is 0 Å². The van der Waals surface area contributed by atoms with Crippen LogP contribution in [0.4, 0.5) is 5.69 Å². The molecule has 0 saturated heterocycles. The van der Waals surface area contributed by atoms with Crippen molar-refractivity contribution in [2.45, 2.75) is 37.6 Å². The van der Waals surface area contributed by atoms with Crippen LogP contribution in [-0.4, -0.2) is 32.7 Å². The van der Waals surface area contributed by atoms with Crippen LogP contribution < -0.4 is 10.0 Å². The molecule has 0 amide bonds. The van der Waals surface area contributed by atoms with Crippen LogP contribution in [0.5, 0.6) is 0 Å². The lowest BCUT2D eigenvalue weighted by atomic mass is 10.1. The fraction of sp³-hybridized carbons (Fsp3) is 0.538. The van der Waals surface area contributed by atoms with Gasteiger partial charge in [0.05, 0.1) is 4.90 Å². The number of hydrogen-bond acceptors (Lipinski definition) is 4. The maximum absolute atomic E-state index is 11.8. The third-order valence-corrected chi connectivity index (χ3v) is 4.40. The minimum atomic E-state index is -3.39. The zero-order chi connectivity index (χ0) is 14.3. The molecule has 3 N–H and O–H groups in total. The lowest BCUT2D eigenvalue weighted by molar-refractivity contribution is 0.278. The summed E-state index contributed by atoms with van der Waals surface area (Å²) < 4.78 is 26.0. The fourth-order valence-electron chi connectivity index (χ4n) is 1.77. The van der Waals surface area contributed by atoms with Crippen molar-refractivity contribution in [3.63, 3.8) is 0 Å². The van der Waals surface area contributed by atoms with Crippen LogP contribution in [0, 0.1) is 0 Å². The molecule has 0 aromatic heterocycles. The highest BCUT2D eigenvalue weighted by atomic mass is 32.2. The van der Waals surface area contributed by atoms with Gasteiger partial charge in [0.2, 0.25) is 10.0 Å². The number of rotatable bonds is 8. The zero-order valence-electron chi connectivity index (χ0n) is 11.4. The van der Waals surface area contributed by atoms with Crippen molar-refractivity contribution in [2.75, 3.05) is 18.5 Å². The number of nitrogens with one attached hydrogen (secondary N) is 2. The summed E-state index contributed by atoms with van der Waals surface area (Å²) in [4.78, 5) is 0.259. The number of benzene rings is 1. The Morgan fingerprint density at radius 3 is 2.32 bits per heavy atom. The Morgan fingerprint density at radius 1 is 1.21 bits per heavy atom. The highest BCUT2D eigenvalue weighted by Crippen LogP contribution is 2.16. The summed E-state index contributed by atoms with van der Waals surface area (Å²) in [6.07, 6.45) is 1.58. The standard InChI is InChI=1S/C13H22N2O3S/c1-3-11(9-10-16)15-12-5-7-13(8-6-12)19(17,18)14-4-2/h5-8,11,14-16H,3-4,9-10H2,1-2H3. The number of sulfonamides is 1. The van der Waals surface area contributed by atoms with E-state index in [9.17, 15) is 8.42 Å². The molecule has 0 fully saturated rings. The number of aliphatic hydroxyl groups excluding tert-OH is 1. The summed E-state index contributed by atoms with van der Waals surface area (Å²) in [5.41, 5.74) is 0.857. The van der Waals surface area contributed by atoms with Gasteiger partial charge in [0.25, 0.3) is 0 Å². The van der Waals surface area contributed by atoms with Crippen molar-refractivity contribution in [2.24, 2.45) is 0 Å². The molecule has 1 unspecified atom stereocenters. The van der Waals surface area contributed by atoms with Crippen molar-refractivity contribution in [1.82, 2.24) is 4.72 Å². The van der Waals surface area contributed by atoms with E-state index >= 15 is 0 Å².